The van der Waals surface area contributed by atoms with E-state index >= 15 is 0 Å². The zero-order chi connectivity index (χ0) is 22.7. The molecule has 0 radical (unpaired) electrons. The first kappa shape index (κ1) is 21.9. The lowest BCUT2D eigenvalue weighted by molar-refractivity contribution is 0.320. The second-order valence-corrected chi connectivity index (χ2v) is 9.06. The van der Waals surface area contributed by atoms with E-state index in [-0.39, 0.29) is 23.7 Å². The molecule has 0 saturated carbocycles. The van der Waals surface area contributed by atoms with Crippen molar-refractivity contribution in [3.8, 4) is 22.6 Å². The van der Waals surface area contributed by atoms with Crippen molar-refractivity contribution in [1.82, 2.24) is 4.98 Å². The molecule has 0 aliphatic rings. The Kier molecular flexibility index (Phi) is 6.21. The Morgan fingerprint density at radius 3 is 2.31 bits per heavy atom. The normalized spacial score (nSPS) is 11.6. The molecule has 0 N–H and O–H groups in total. The number of hydrogen-bond acceptors (Lipinski definition) is 5. The molecule has 0 spiro atoms. The van der Waals surface area contributed by atoms with E-state index in [0.29, 0.717) is 17.3 Å². The molecule has 4 aromatic rings. The van der Waals surface area contributed by atoms with Crippen LogP contribution in [0.2, 0.25) is 0 Å². The summed E-state index contributed by atoms with van der Waals surface area (Å²) < 4.78 is 48.9. The fraction of sp³-hybridized carbons (Fsp3) is 0.160. The van der Waals surface area contributed by atoms with Gasteiger partial charge in [-0.1, -0.05) is 42.0 Å². The average molecular weight is 452 g/mol. The Morgan fingerprint density at radius 2 is 1.59 bits per heavy atom. The van der Waals surface area contributed by atoms with Gasteiger partial charge in [-0.05, 0) is 61.4 Å². The van der Waals surface area contributed by atoms with Crippen LogP contribution < -0.4 is 0 Å². The average Bonchev–Trinajstić information content (AvgIpc) is 3.15. The topological polar surface area (TPSA) is 69.4 Å². The monoisotopic (exact) mass is 451 g/mol. The Labute approximate surface area is 186 Å². The van der Waals surface area contributed by atoms with Gasteiger partial charge in [-0.2, -0.15) is 8.42 Å². The summed E-state index contributed by atoms with van der Waals surface area (Å²) in [5, 5.41) is 0. The lowest BCUT2D eigenvalue weighted by Crippen LogP contribution is -2.09. The van der Waals surface area contributed by atoms with Crippen molar-refractivity contribution < 1.29 is 21.4 Å². The third-order valence-electron chi connectivity index (χ3n) is 5.07. The second-order valence-electron chi connectivity index (χ2n) is 7.45. The van der Waals surface area contributed by atoms with E-state index in [2.05, 4.69) is 4.98 Å². The maximum atomic E-state index is 13.2. The van der Waals surface area contributed by atoms with Crippen molar-refractivity contribution in [3.63, 3.8) is 0 Å². The van der Waals surface area contributed by atoms with Crippen LogP contribution >= 0.6 is 0 Å². The molecule has 4 rings (SSSR count). The van der Waals surface area contributed by atoms with E-state index in [1.807, 2.05) is 31.2 Å². The summed E-state index contributed by atoms with van der Waals surface area (Å²) in [5.74, 6) is 0.746. The summed E-state index contributed by atoms with van der Waals surface area (Å²) in [6.07, 6.45) is 0.290. The molecule has 32 heavy (non-hydrogen) atoms. The number of oxazole rings is 1. The Balaban J connectivity index is 1.47. The van der Waals surface area contributed by atoms with Gasteiger partial charge in [-0.25, -0.2) is 9.37 Å². The van der Waals surface area contributed by atoms with Gasteiger partial charge in [0.15, 0.2) is 0 Å². The molecule has 5 nitrogen and oxygen atoms in total. The minimum atomic E-state index is -3.83. The van der Waals surface area contributed by atoms with Gasteiger partial charge in [0.25, 0.3) is 10.1 Å². The molecular weight excluding hydrogens is 429 g/mol. The van der Waals surface area contributed by atoms with Crippen molar-refractivity contribution in [2.24, 2.45) is 0 Å². The highest BCUT2D eigenvalue weighted by atomic mass is 32.2. The van der Waals surface area contributed by atoms with Crippen LogP contribution in [-0.2, 0) is 20.7 Å². The van der Waals surface area contributed by atoms with E-state index in [1.165, 1.54) is 24.3 Å². The third-order valence-corrected chi connectivity index (χ3v) is 6.39. The molecule has 7 heteroatoms. The Bertz CT molecular complexity index is 1330. The first-order valence-electron chi connectivity index (χ1n) is 10.1. The predicted molar refractivity (Wildman–Crippen MR) is 120 cm³/mol. The molecule has 0 unspecified atom stereocenters. The number of hydrogen-bond donors (Lipinski definition) is 0. The van der Waals surface area contributed by atoms with E-state index in [1.54, 1.807) is 31.2 Å². The van der Waals surface area contributed by atoms with E-state index in [9.17, 15) is 12.8 Å². The first-order valence-corrected chi connectivity index (χ1v) is 11.5. The molecule has 0 bridgehead atoms. The highest BCUT2D eigenvalue weighted by molar-refractivity contribution is 7.86. The number of benzene rings is 3. The molecular formula is C25H22FNO4S. The minimum Gasteiger partial charge on any atom is -0.441 e. The summed E-state index contributed by atoms with van der Waals surface area (Å²) >= 11 is 0. The third kappa shape index (κ3) is 4.95. The van der Waals surface area contributed by atoms with Crippen LogP contribution in [0.4, 0.5) is 4.39 Å². The molecule has 0 atom stereocenters. The zero-order valence-electron chi connectivity index (χ0n) is 17.7. The number of halogens is 1. The van der Waals surface area contributed by atoms with Gasteiger partial charge >= 0.3 is 0 Å². The van der Waals surface area contributed by atoms with E-state index in [4.69, 9.17) is 8.60 Å². The van der Waals surface area contributed by atoms with Gasteiger partial charge in [-0.3, -0.25) is 4.18 Å². The molecule has 3 aromatic carbocycles. The van der Waals surface area contributed by atoms with Gasteiger partial charge in [-0.15, -0.1) is 0 Å². The van der Waals surface area contributed by atoms with Crippen LogP contribution in [0.25, 0.3) is 22.6 Å². The largest absolute Gasteiger partial charge is 0.441 e. The van der Waals surface area contributed by atoms with Crippen molar-refractivity contribution in [2.75, 3.05) is 6.61 Å². The van der Waals surface area contributed by atoms with E-state index in [0.717, 1.165) is 22.3 Å². The molecule has 0 aliphatic heterocycles. The summed E-state index contributed by atoms with van der Waals surface area (Å²) in [7, 11) is -3.83. The fourth-order valence-corrected chi connectivity index (χ4v) is 4.19. The summed E-state index contributed by atoms with van der Waals surface area (Å²) in [5.41, 5.74) is 4.16. The van der Waals surface area contributed by atoms with E-state index < -0.39 is 10.1 Å². The van der Waals surface area contributed by atoms with Crippen LogP contribution in [0.5, 0.6) is 0 Å². The SMILES string of the molecule is Cc1ccc(S(=O)(=O)OCCc2nc(-c3cccc(-c4ccc(F)cc4)c3)oc2C)cc1. The van der Waals surface area contributed by atoms with Crippen LogP contribution in [0.3, 0.4) is 0 Å². The quantitative estimate of drug-likeness (QED) is 0.337. The lowest BCUT2D eigenvalue weighted by Gasteiger charge is -2.05. The fourth-order valence-electron chi connectivity index (χ4n) is 3.28. The van der Waals surface area contributed by atoms with Crippen LogP contribution in [0, 0.1) is 19.7 Å². The zero-order valence-corrected chi connectivity index (χ0v) is 18.5. The number of aromatic nitrogens is 1. The van der Waals surface area contributed by atoms with Crippen molar-refractivity contribution in [2.45, 2.75) is 25.2 Å². The van der Waals surface area contributed by atoms with Crippen LogP contribution in [0.15, 0.2) is 82.1 Å². The number of nitrogens with zero attached hydrogens (tertiary/aromatic N) is 1. The molecule has 0 amide bonds. The van der Waals surface area contributed by atoms with Crippen molar-refractivity contribution in [1.29, 1.82) is 0 Å². The maximum absolute atomic E-state index is 13.2. The Hall–Kier alpha value is -3.29. The summed E-state index contributed by atoms with van der Waals surface area (Å²) in [6.45, 7) is 3.63. The maximum Gasteiger partial charge on any atom is 0.296 e. The van der Waals surface area contributed by atoms with Gasteiger partial charge in [0.1, 0.15) is 11.6 Å². The van der Waals surface area contributed by atoms with Crippen molar-refractivity contribution in [3.05, 3.63) is 95.6 Å². The molecule has 0 saturated heterocycles. The highest BCUT2D eigenvalue weighted by Gasteiger charge is 2.17. The summed E-state index contributed by atoms with van der Waals surface area (Å²) in [4.78, 5) is 4.65. The highest BCUT2D eigenvalue weighted by Crippen LogP contribution is 2.27. The van der Waals surface area contributed by atoms with Crippen molar-refractivity contribution >= 4 is 10.1 Å². The van der Waals surface area contributed by atoms with Gasteiger partial charge in [0, 0.05) is 12.0 Å². The molecule has 1 aromatic heterocycles. The molecule has 0 fully saturated rings. The standard InChI is InChI=1S/C25H22FNO4S/c1-17-6-12-23(13-7-17)32(28,29)30-15-14-24-18(2)31-25(27-24)21-5-3-4-20(16-21)19-8-10-22(26)11-9-19/h3-13,16H,14-15H2,1-2H3. The number of aryl methyl sites for hydroxylation is 2. The summed E-state index contributed by atoms with van der Waals surface area (Å²) in [6, 6.07) is 20.4. The van der Waals surface area contributed by atoms with Crippen LogP contribution in [0.1, 0.15) is 17.0 Å². The lowest BCUT2D eigenvalue weighted by atomic mass is 10.0. The predicted octanol–water partition coefficient (Wildman–Crippen LogP) is 5.71. The van der Waals surface area contributed by atoms with Crippen LogP contribution in [-0.4, -0.2) is 20.0 Å². The molecule has 164 valence electrons. The van der Waals surface area contributed by atoms with Gasteiger partial charge in [0.05, 0.1) is 17.2 Å². The second kappa shape index (κ2) is 9.06. The molecule has 1 heterocycles. The Morgan fingerprint density at radius 1 is 0.906 bits per heavy atom. The number of rotatable bonds is 7. The minimum absolute atomic E-state index is 0.0430. The van der Waals surface area contributed by atoms with Gasteiger partial charge in [0.2, 0.25) is 5.89 Å². The van der Waals surface area contributed by atoms with Gasteiger partial charge < -0.3 is 4.42 Å². The first-order chi connectivity index (χ1) is 15.3. The smallest absolute Gasteiger partial charge is 0.296 e. The molecule has 0 aliphatic carbocycles.